The van der Waals surface area contributed by atoms with Gasteiger partial charge >= 0.3 is 5.97 Å². The van der Waals surface area contributed by atoms with Gasteiger partial charge in [-0.1, -0.05) is 33.8 Å². The van der Waals surface area contributed by atoms with Crippen molar-refractivity contribution < 1.29 is 18.7 Å². The predicted molar refractivity (Wildman–Crippen MR) is 117 cm³/mol. The zero-order valence-corrected chi connectivity index (χ0v) is 19.2. The number of benzene rings is 1. The molecular formula is C19H18BrN3O4S2. The molecule has 1 aromatic carbocycles. The first-order valence-corrected chi connectivity index (χ1v) is 11.3. The van der Waals surface area contributed by atoms with Crippen LogP contribution >= 0.6 is 39.0 Å². The summed E-state index contributed by atoms with van der Waals surface area (Å²) in [5.74, 6) is -0.265. The van der Waals surface area contributed by atoms with Gasteiger partial charge in [0.1, 0.15) is 5.00 Å². The van der Waals surface area contributed by atoms with E-state index in [9.17, 15) is 9.59 Å². The number of ether oxygens (including phenoxy) is 1. The second-order valence-electron chi connectivity index (χ2n) is 5.93. The second-order valence-corrected chi connectivity index (χ2v) is 9.00. The van der Waals surface area contributed by atoms with Gasteiger partial charge < -0.3 is 14.5 Å². The minimum atomic E-state index is -0.437. The summed E-state index contributed by atoms with van der Waals surface area (Å²) in [5, 5.41) is 11.6. The van der Waals surface area contributed by atoms with E-state index < -0.39 is 5.97 Å². The lowest BCUT2D eigenvalue weighted by atomic mass is 10.1. The van der Waals surface area contributed by atoms with Gasteiger partial charge in [0.05, 0.1) is 17.9 Å². The SMILES string of the molecule is CCOC(=O)c1c(NC(=O)CSc2nnc(-c3cccc(Br)c3)o2)sc(C)c1C. The van der Waals surface area contributed by atoms with Gasteiger partial charge in [0.15, 0.2) is 0 Å². The molecule has 29 heavy (non-hydrogen) atoms. The topological polar surface area (TPSA) is 94.3 Å². The van der Waals surface area contributed by atoms with Gasteiger partial charge in [-0.3, -0.25) is 4.79 Å². The molecule has 0 radical (unpaired) electrons. The molecule has 3 rings (SSSR count). The maximum absolute atomic E-state index is 12.4. The number of nitrogens with one attached hydrogen (secondary N) is 1. The Labute approximate surface area is 184 Å². The van der Waals surface area contributed by atoms with Crippen LogP contribution in [0.25, 0.3) is 11.5 Å². The summed E-state index contributed by atoms with van der Waals surface area (Å²) in [6, 6.07) is 7.50. The Morgan fingerprint density at radius 1 is 1.31 bits per heavy atom. The molecule has 1 amide bonds. The maximum Gasteiger partial charge on any atom is 0.341 e. The Kier molecular flexibility index (Phi) is 7.09. The van der Waals surface area contributed by atoms with Crippen LogP contribution in [0.4, 0.5) is 5.00 Å². The number of thiophene rings is 1. The van der Waals surface area contributed by atoms with Crippen LogP contribution in [0.3, 0.4) is 0 Å². The van der Waals surface area contributed by atoms with Crippen LogP contribution in [0, 0.1) is 13.8 Å². The van der Waals surface area contributed by atoms with E-state index in [0.717, 1.165) is 32.2 Å². The average Bonchev–Trinajstić information content (AvgIpc) is 3.25. The molecule has 0 spiro atoms. The molecule has 0 aliphatic carbocycles. The van der Waals surface area contributed by atoms with E-state index in [1.807, 2.05) is 38.1 Å². The first-order chi connectivity index (χ1) is 13.9. The van der Waals surface area contributed by atoms with E-state index in [1.54, 1.807) is 6.92 Å². The van der Waals surface area contributed by atoms with Crippen molar-refractivity contribution in [1.29, 1.82) is 0 Å². The number of carbonyl (C=O) groups is 2. The second kappa shape index (κ2) is 9.55. The number of amides is 1. The fraction of sp³-hybridized carbons (Fsp3) is 0.263. The summed E-state index contributed by atoms with van der Waals surface area (Å²) < 4.78 is 11.6. The minimum absolute atomic E-state index is 0.0678. The highest BCUT2D eigenvalue weighted by Crippen LogP contribution is 2.33. The molecule has 7 nitrogen and oxygen atoms in total. The molecule has 3 aromatic rings. The van der Waals surface area contributed by atoms with Crippen molar-refractivity contribution in [3.8, 4) is 11.5 Å². The van der Waals surface area contributed by atoms with Crippen LogP contribution in [0.15, 0.2) is 38.4 Å². The Balaban J connectivity index is 1.64. The Bertz CT molecular complexity index is 1050. The monoisotopic (exact) mass is 495 g/mol. The normalized spacial score (nSPS) is 10.8. The molecule has 0 bridgehead atoms. The zero-order chi connectivity index (χ0) is 21.0. The van der Waals surface area contributed by atoms with Crippen molar-refractivity contribution in [2.75, 3.05) is 17.7 Å². The quantitative estimate of drug-likeness (QED) is 0.360. The molecule has 152 valence electrons. The number of carbonyl (C=O) groups excluding carboxylic acids is 2. The van der Waals surface area contributed by atoms with Crippen molar-refractivity contribution in [1.82, 2.24) is 10.2 Å². The van der Waals surface area contributed by atoms with Crippen LogP contribution in [0.5, 0.6) is 0 Å². The molecule has 10 heteroatoms. The molecule has 0 aliphatic rings. The summed E-state index contributed by atoms with van der Waals surface area (Å²) >= 11 is 5.88. The number of aryl methyl sites for hydroxylation is 1. The maximum atomic E-state index is 12.4. The highest BCUT2D eigenvalue weighted by atomic mass is 79.9. The first-order valence-electron chi connectivity index (χ1n) is 8.68. The summed E-state index contributed by atoms with van der Waals surface area (Å²) in [6.07, 6.45) is 0. The Morgan fingerprint density at radius 2 is 2.10 bits per heavy atom. The van der Waals surface area contributed by atoms with Crippen LogP contribution in [0.1, 0.15) is 27.7 Å². The average molecular weight is 496 g/mol. The zero-order valence-electron chi connectivity index (χ0n) is 15.9. The van der Waals surface area contributed by atoms with Crippen LogP contribution < -0.4 is 5.32 Å². The summed E-state index contributed by atoms with van der Waals surface area (Å²) in [4.78, 5) is 25.6. The minimum Gasteiger partial charge on any atom is -0.462 e. The number of halogens is 1. The number of esters is 1. The number of thioether (sulfide) groups is 1. The largest absolute Gasteiger partial charge is 0.462 e. The van der Waals surface area contributed by atoms with Gasteiger partial charge in [0.2, 0.25) is 11.8 Å². The van der Waals surface area contributed by atoms with Crippen molar-refractivity contribution in [2.45, 2.75) is 26.0 Å². The van der Waals surface area contributed by atoms with Crippen LogP contribution in [0.2, 0.25) is 0 Å². The van der Waals surface area contributed by atoms with Gasteiger partial charge in [-0.2, -0.15) is 0 Å². The van der Waals surface area contributed by atoms with Crippen molar-refractivity contribution in [2.24, 2.45) is 0 Å². The van der Waals surface area contributed by atoms with E-state index in [0.29, 0.717) is 21.7 Å². The lowest BCUT2D eigenvalue weighted by molar-refractivity contribution is -0.113. The number of hydrogen-bond acceptors (Lipinski definition) is 8. The van der Waals surface area contributed by atoms with E-state index in [-0.39, 0.29) is 18.3 Å². The van der Waals surface area contributed by atoms with Crippen LogP contribution in [-0.4, -0.2) is 34.4 Å². The number of nitrogens with zero attached hydrogens (tertiary/aromatic N) is 2. The molecule has 0 unspecified atom stereocenters. The fourth-order valence-corrected chi connectivity index (χ4v) is 4.49. The highest BCUT2D eigenvalue weighted by molar-refractivity contribution is 9.10. The third kappa shape index (κ3) is 5.26. The van der Waals surface area contributed by atoms with Crippen molar-refractivity contribution in [3.63, 3.8) is 0 Å². The van der Waals surface area contributed by atoms with E-state index in [4.69, 9.17) is 9.15 Å². The Hall–Kier alpha value is -2.17. The third-order valence-corrected chi connectivity index (χ3v) is 6.36. The smallest absolute Gasteiger partial charge is 0.341 e. The lowest BCUT2D eigenvalue weighted by Gasteiger charge is -2.06. The molecular weight excluding hydrogens is 478 g/mol. The fourth-order valence-electron chi connectivity index (χ4n) is 2.46. The first kappa shape index (κ1) is 21.5. The predicted octanol–water partition coefficient (Wildman–Crippen LogP) is 5.08. The number of anilines is 1. The molecule has 0 atom stereocenters. The molecule has 2 heterocycles. The summed E-state index contributed by atoms with van der Waals surface area (Å²) in [5.41, 5.74) is 2.00. The molecule has 0 saturated heterocycles. The molecule has 0 saturated carbocycles. The highest BCUT2D eigenvalue weighted by Gasteiger charge is 2.22. The van der Waals surface area contributed by atoms with E-state index >= 15 is 0 Å². The lowest BCUT2D eigenvalue weighted by Crippen LogP contribution is -2.16. The third-order valence-electron chi connectivity index (χ3n) is 3.92. The van der Waals surface area contributed by atoms with E-state index in [2.05, 4.69) is 31.4 Å². The number of aromatic nitrogens is 2. The summed E-state index contributed by atoms with van der Waals surface area (Å²) in [7, 11) is 0. The van der Waals surface area contributed by atoms with Gasteiger partial charge in [-0.15, -0.1) is 21.5 Å². The van der Waals surface area contributed by atoms with Crippen molar-refractivity contribution in [3.05, 3.63) is 44.7 Å². The van der Waals surface area contributed by atoms with Gasteiger partial charge in [0, 0.05) is 14.9 Å². The number of hydrogen-bond donors (Lipinski definition) is 1. The molecule has 2 aromatic heterocycles. The van der Waals surface area contributed by atoms with Gasteiger partial charge in [0.25, 0.3) is 5.22 Å². The summed E-state index contributed by atoms with van der Waals surface area (Å²) in [6.45, 7) is 5.75. The molecule has 0 fully saturated rings. The molecule has 1 N–H and O–H groups in total. The van der Waals surface area contributed by atoms with Gasteiger partial charge in [-0.25, -0.2) is 4.79 Å². The Morgan fingerprint density at radius 3 is 2.83 bits per heavy atom. The molecule has 0 aliphatic heterocycles. The van der Waals surface area contributed by atoms with Crippen molar-refractivity contribution >= 4 is 55.9 Å². The van der Waals surface area contributed by atoms with Crippen LogP contribution in [-0.2, 0) is 9.53 Å². The number of rotatable bonds is 7. The van der Waals surface area contributed by atoms with Gasteiger partial charge in [-0.05, 0) is 44.5 Å². The standard InChI is InChI=1S/C19H18BrN3O4S2/c1-4-26-18(25)15-10(2)11(3)29-17(15)21-14(24)9-28-19-23-22-16(27-19)12-6-5-7-13(20)8-12/h5-8H,4,9H2,1-3H3,(H,21,24). The van der Waals surface area contributed by atoms with E-state index in [1.165, 1.54) is 11.3 Å².